The molecule has 1 aromatic rings. The highest BCUT2D eigenvalue weighted by atomic mass is 16.6. The first-order valence-electron chi connectivity index (χ1n) is 9.24. The number of benzene rings is 1. The Morgan fingerprint density at radius 2 is 1.67 bits per heavy atom. The fourth-order valence-corrected chi connectivity index (χ4v) is 2.29. The van der Waals surface area contributed by atoms with E-state index in [1.165, 1.54) is 0 Å². The third kappa shape index (κ3) is 9.08. The van der Waals surface area contributed by atoms with Gasteiger partial charge in [-0.25, -0.2) is 4.79 Å². The van der Waals surface area contributed by atoms with E-state index in [9.17, 15) is 14.4 Å². The minimum Gasteiger partial charge on any atom is -0.444 e. The molecule has 0 saturated heterocycles. The van der Waals surface area contributed by atoms with Crippen molar-refractivity contribution in [1.82, 2.24) is 16.0 Å². The van der Waals surface area contributed by atoms with E-state index < -0.39 is 29.7 Å². The zero-order chi connectivity index (χ0) is 20.4. The van der Waals surface area contributed by atoms with Crippen molar-refractivity contribution in [2.75, 3.05) is 6.54 Å². The van der Waals surface area contributed by atoms with Gasteiger partial charge in [0.25, 0.3) is 0 Å². The van der Waals surface area contributed by atoms with Crippen LogP contribution in [0.15, 0.2) is 30.3 Å². The van der Waals surface area contributed by atoms with Crippen LogP contribution < -0.4 is 16.0 Å². The molecule has 0 radical (unpaired) electrons. The molecule has 0 heterocycles. The number of hydrogen-bond donors (Lipinski definition) is 3. The Hall–Kier alpha value is -2.57. The lowest BCUT2D eigenvalue weighted by atomic mass is 10.0. The number of alkyl carbamates (subject to hydrolysis) is 1. The van der Waals surface area contributed by atoms with Gasteiger partial charge in [-0.2, -0.15) is 0 Å². The van der Waals surface area contributed by atoms with Gasteiger partial charge in [0.2, 0.25) is 11.8 Å². The average molecular weight is 377 g/mol. The SMILES string of the molecule is CCCNC(=O)[C@H](C)NC(=O)[C@H](Cc1ccccc1)NC(=O)OC(C)(C)C. The Kier molecular flexibility index (Phi) is 8.78. The summed E-state index contributed by atoms with van der Waals surface area (Å²) >= 11 is 0. The largest absolute Gasteiger partial charge is 0.444 e. The number of nitrogens with one attached hydrogen (secondary N) is 3. The molecule has 2 atom stereocenters. The summed E-state index contributed by atoms with van der Waals surface area (Å²) in [7, 11) is 0. The number of carbonyl (C=O) groups excluding carboxylic acids is 3. The predicted molar refractivity (Wildman–Crippen MR) is 104 cm³/mol. The summed E-state index contributed by atoms with van der Waals surface area (Å²) in [6, 6.07) is 7.77. The Morgan fingerprint density at radius 1 is 1.04 bits per heavy atom. The molecule has 3 amide bonds. The lowest BCUT2D eigenvalue weighted by Gasteiger charge is -2.24. The van der Waals surface area contributed by atoms with Crippen LogP contribution in [0, 0.1) is 0 Å². The molecule has 0 saturated carbocycles. The molecule has 27 heavy (non-hydrogen) atoms. The number of carbonyl (C=O) groups is 3. The molecular formula is C20H31N3O4. The molecule has 7 heteroatoms. The van der Waals surface area contributed by atoms with Gasteiger partial charge in [-0.15, -0.1) is 0 Å². The van der Waals surface area contributed by atoms with Gasteiger partial charge < -0.3 is 20.7 Å². The number of ether oxygens (including phenoxy) is 1. The lowest BCUT2D eigenvalue weighted by molar-refractivity contribution is -0.129. The molecule has 150 valence electrons. The van der Waals surface area contributed by atoms with Crippen LogP contribution >= 0.6 is 0 Å². The monoisotopic (exact) mass is 377 g/mol. The van der Waals surface area contributed by atoms with E-state index >= 15 is 0 Å². The molecule has 0 fully saturated rings. The predicted octanol–water partition coefficient (Wildman–Crippen LogP) is 2.15. The minimum atomic E-state index is -0.858. The second-order valence-corrected chi connectivity index (χ2v) is 7.41. The standard InChI is InChI=1S/C20H31N3O4/c1-6-12-21-17(24)14(2)22-18(25)16(13-15-10-8-7-9-11-15)23-19(26)27-20(3,4)5/h7-11,14,16H,6,12-13H2,1-5H3,(H,21,24)(H,22,25)(H,23,26)/t14-,16-/m0/s1. The van der Waals surface area contributed by atoms with Crippen molar-refractivity contribution in [2.24, 2.45) is 0 Å². The van der Waals surface area contributed by atoms with Crippen LogP contribution in [0.3, 0.4) is 0 Å². The number of hydrogen-bond acceptors (Lipinski definition) is 4. The number of rotatable bonds is 8. The molecule has 0 aliphatic heterocycles. The third-order valence-corrected chi connectivity index (χ3v) is 3.59. The first-order chi connectivity index (χ1) is 12.6. The lowest BCUT2D eigenvalue weighted by Crippen LogP contribution is -2.54. The molecule has 0 bridgehead atoms. The van der Waals surface area contributed by atoms with Crippen molar-refractivity contribution in [3.8, 4) is 0 Å². The molecule has 0 spiro atoms. The van der Waals surface area contributed by atoms with Gasteiger partial charge in [0, 0.05) is 13.0 Å². The minimum absolute atomic E-state index is 0.263. The Morgan fingerprint density at radius 3 is 2.22 bits per heavy atom. The van der Waals surface area contributed by atoms with Crippen molar-refractivity contribution in [1.29, 1.82) is 0 Å². The van der Waals surface area contributed by atoms with E-state index in [0.29, 0.717) is 6.54 Å². The van der Waals surface area contributed by atoms with E-state index in [1.807, 2.05) is 37.3 Å². The van der Waals surface area contributed by atoms with Crippen LogP contribution in [-0.2, 0) is 20.7 Å². The Balaban J connectivity index is 2.81. The topological polar surface area (TPSA) is 96.5 Å². The van der Waals surface area contributed by atoms with E-state index in [2.05, 4.69) is 16.0 Å². The first-order valence-corrected chi connectivity index (χ1v) is 9.24. The van der Waals surface area contributed by atoms with Crippen molar-refractivity contribution in [3.05, 3.63) is 35.9 Å². The van der Waals surface area contributed by atoms with Crippen LogP contribution in [0.25, 0.3) is 0 Å². The van der Waals surface area contributed by atoms with Crippen molar-refractivity contribution in [2.45, 2.75) is 65.1 Å². The van der Waals surface area contributed by atoms with Gasteiger partial charge in [-0.1, -0.05) is 37.3 Å². The summed E-state index contributed by atoms with van der Waals surface area (Å²) in [5.74, 6) is -0.704. The maximum absolute atomic E-state index is 12.7. The van der Waals surface area contributed by atoms with Crippen LogP contribution in [0.1, 0.15) is 46.6 Å². The molecule has 0 aliphatic rings. The molecule has 0 aromatic heterocycles. The van der Waals surface area contributed by atoms with E-state index in [1.54, 1.807) is 27.7 Å². The van der Waals surface area contributed by atoms with Gasteiger partial charge in [-0.05, 0) is 39.7 Å². The third-order valence-electron chi connectivity index (χ3n) is 3.59. The van der Waals surface area contributed by atoms with Gasteiger partial charge in [0.05, 0.1) is 0 Å². The normalized spacial score (nSPS) is 13.2. The quantitative estimate of drug-likeness (QED) is 0.647. The van der Waals surface area contributed by atoms with Crippen molar-refractivity contribution in [3.63, 3.8) is 0 Å². The summed E-state index contributed by atoms with van der Waals surface area (Å²) in [5.41, 5.74) is 0.211. The van der Waals surface area contributed by atoms with E-state index in [-0.39, 0.29) is 12.3 Å². The molecule has 0 aliphatic carbocycles. The zero-order valence-corrected chi connectivity index (χ0v) is 16.8. The summed E-state index contributed by atoms with van der Waals surface area (Å²) < 4.78 is 5.25. The average Bonchev–Trinajstić information content (AvgIpc) is 2.58. The van der Waals surface area contributed by atoms with Crippen LogP contribution in [0.5, 0.6) is 0 Å². The smallest absolute Gasteiger partial charge is 0.408 e. The molecule has 0 unspecified atom stereocenters. The first kappa shape index (κ1) is 22.5. The van der Waals surface area contributed by atoms with Crippen molar-refractivity contribution >= 4 is 17.9 Å². The maximum atomic E-state index is 12.7. The molecule has 3 N–H and O–H groups in total. The molecule has 1 aromatic carbocycles. The van der Waals surface area contributed by atoms with E-state index in [0.717, 1.165) is 12.0 Å². The second kappa shape index (κ2) is 10.5. The van der Waals surface area contributed by atoms with Gasteiger partial charge in [-0.3, -0.25) is 9.59 Å². The highest BCUT2D eigenvalue weighted by Gasteiger charge is 2.26. The summed E-state index contributed by atoms with van der Waals surface area (Å²) in [4.78, 5) is 36.8. The molecule has 1 rings (SSSR count). The van der Waals surface area contributed by atoms with Crippen LogP contribution in [-0.4, -0.2) is 42.1 Å². The van der Waals surface area contributed by atoms with Crippen LogP contribution in [0.2, 0.25) is 0 Å². The Bertz CT molecular complexity index is 626. The van der Waals surface area contributed by atoms with Crippen molar-refractivity contribution < 1.29 is 19.1 Å². The Labute approximate surface area is 161 Å². The van der Waals surface area contributed by atoms with E-state index in [4.69, 9.17) is 4.74 Å². The second-order valence-electron chi connectivity index (χ2n) is 7.41. The van der Waals surface area contributed by atoms with Crippen LogP contribution in [0.4, 0.5) is 4.79 Å². The van der Waals surface area contributed by atoms with Gasteiger partial charge in [0.1, 0.15) is 17.7 Å². The molecule has 7 nitrogen and oxygen atoms in total. The van der Waals surface area contributed by atoms with Gasteiger partial charge >= 0.3 is 6.09 Å². The fourth-order valence-electron chi connectivity index (χ4n) is 2.29. The summed E-state index contributed by atoms with van der Waals surface area (Å²) in [5, 5.41) is 7.99. The highest BCUT2D eigenvalue weighted by Crippen LogP contribution is 2.09. The zero-order valence-electron chi connectivity index (χ0n) is 16.8. The maximum Gasteiger partial charge on any atom is 0.408 e. The highest BCUT2D eigenvalue weighted by molar-refractivity contribution is 5.91. The summed E-state index contributed by atoms with van der Waals surface area (Å²) in [6.45, 7) is 9.35. The number of amides is 3. The molecular weight excluding hydrogens is 346 g/mol. The fraction of sp³-hybridized carbons (Fsp3) is 0.550. The summed E-state index contributed by atoms with van der Waals surface area (Å²) in [6.07, 6.45) is 0.417. The van der Waals surface area contributed by atoms with Gasteiger partial charge in [0.15, 0.2) is 0 Å².